The second-order valence-electron chi connectivity index (χ2n) is 5.27. The summed E-state index contributed by atoms with van der Waals surface area (Å²) in [7, 11) is 0. The number of H-pyrrole nitrogens is 1. The Bertz CT molecular complexity index is 643. The maximum Gasteiger partial charge on any atom is 0.300 e. The van der Waals surface area contributed by atoms with Gasteiger partial charge in [-0.25, -0.2) is 0 Å². The van der Waals surface area contributed by atoms with Crippen molar-refractivity contribution in [1.82, 2.24) is 10.5 Å². The van der Waals surface area contributed by atoms with E-state index in [1.165, 1.54) is 5.56 Å². The molecule has 0 bridgehead atoms. The first-order chi connectivity index (χ1) is 10.6. The number of hydrogen-bond acceptors (Lipinski definition) is 4. The van der Waals surface area contributed by atoms with Gasteiger partial charge >= 0.3 is 0 Å². The van der Waals surface area contributed by atoms with Gasteiger partial charge in [0.25, 0.3) is 11.5 Å². The Balaban J connectivity index is 0.000000396. The van der Waals surface area contributed by atoms with Gasteiger partial charge in [-0.1, -0.05) is 30.3 Å². The Morgan fingerprint density at radius 1 is 1.32 bits per heavy atom. The van der Waals surface area contributed by atoms with Crippen molar-refractivity contribution in [3.05, 3.63) is 58.1 Å². The van der Waals surface area contributed by atoms with E-state index in [2.05, 4.69) is 34.7 Å². The van der Waals surface area contributed by atoms with Gasteiger partial charge in [-0.15, -0.1) is 0 Å². The van der Waals surface area contributed by atoms with Crippen LogP contribution in [0.5, 0.6) is 0 Å². The van der Waals surface area contributed by atoms with E-state index in [1.54, 1.807) is 6.07 Å². The fourth-order valence-corrected chi connectivity index (χ4v) is 2.61. The molecule has 118 valence electrons. The van der Waals surface area contributed by atoms with E-state index < -0.39 is 5.97 Å². The number of aliphatic carboxylic acids is 1. The Morgan fingerprint density at radius 2 is 2.00 bits per heavy atom. The molecule has 1 fully saturated rings. The number of nitrogens with one attached hydrogen (secondary N) is 2. The van der Waals surface area contributed by atoms with Crippen molar-refractivity contribution in [3.8, 4) is 0 Å². The second-order valence-corrected chi connectivity index (χ2v) is 5.27. The van der Waals surface area contributed by atoms with Crippen molar-refractivity contribution in [3.63, 3.8) is 0 Å². The fourth-order valence-electron chi connectivity index (χ4n) is 2.61. The molecule has 0 amide bonds. The summed E-state index contributed by atoms with van der Waals surface area (Å²) in [5.74, 6) is 0.262. The third-order valence-electron chi connectivity index (χ3n) is 3.55. The zero-order valence-corrected chi connectivity index (χ0v) is 12.4. The Hall–Kier alpha value is -2.34. The molecular weight excluding hydrogens is 284 g/mol. The smallest absolute Gasteiger partial charge is 0.300 e. The van der Waals surface area contributed by atoms with Gasteiger partial charge in [-0.2, -0.15) is 5.16 Å². The first-order valence-electron chi connectivity index (χ1n) is 7.22. The number of carboxylic acids is 1. The van der Waals surface area contributed by atoms with Crippen LogP contribution in [0.3, 0.4) is 0 Å². The number of benzene rings is 1. The Labute approximate surface area is 128 Å². The SMILES string of the molecule is CC(=O)O.O=c1cc([C@@H]2CCN[C@@H](c3ccccc3)C2)o[nH]1. The van der Waals surface area contributed by atoms with Crippen molar-refractivity contribution in [1.29, 1.82) is 0 Å². The van der Waals surface area contributed by atoms with Gasteiger partial charge in [0.1, 0.15) is 5.76 Å². The van der Waals surface area contributed by atoms with Crippen molar-refractivity contribution < 1.29 is 14.4 Å². The molecule has 1 saturated heterocycles. The molecule has 0 spiro atoms. The molecule has 0 unspecified atom stereocenters. The lowest BCUT2D eigenvalue weighted by Gasteiger charge is -2.29. The molecule has 22 heavy (non-hydrogen) atoms. The summed E-state index contributed by atoms with van der Waals surface area (Å²) >= 11 is 0. The molecular formula is C16H20N2O4. The Morgan fingerprint density at radius 3 is 2.59 bits per heavy atom. The van der Waals surface area contributed by atoms with Crippen LogP contribution in [0, 0.1) is 0 Å². The first-order valence-corrected chi connectivity index (χ1v) is 7.22. The van der Waals surface area contributed by atoms with E-state index in [4.69, 9.17) is 14.4 Å². The van der Waals surface area contributed by atoms with Gasteiger partial charge < -0.3 is 14.9 Å². The highest BCUT2D eigenvalue weighted by Crippen LogP contribution is 2.33. The number of piperidine rings is 1. The van der Waals surface area contributed by atoms with Crippen LogP contribution in [-0.4, -0.2) is 22.8 Å². The standard InChI is InChI=1S/C14H16N2O2.C2H4O2/c17-14-9-13(18-16-14)11-6-7-15-12(8-11)10-4-2-1-3-5-10;1-2(3)4/h1-5,9,11-12,15H,6-8H2,(H,16,17);1H3,(H,3,4)/t11-,12-;/m1./s1. The summed E-state index contributed by atoms with van der Waals surface area (Å²) in [5, 5.41) is 13.3. The Kier molecular flexibility index (Phi) is 5.55. The molecule has 1 aromatic heterocycles. The summed E-state index contributed by atoms with van der Waals surface area (Å²) in [5.41, 5.74) is 1.14. The van der Waals surface area contributed by atoms with E-state index in [0.29, 0.717) is 12.0 Å². The topological polar surface area (TPSA) is 95.3 Å². The molecule has 2 heterocycles. The average molecular weight is 304 g/mol. The molecule has 6 heteroatoms. The average Bonchev–Trinajstić information content (AvgIpc) is 2.94. The van der Waals surface area contributed by atoms with Crippen LogP contribution in [0.15, 0.2) is 45.7 Å². The van der Waals surface area contributed by atoms with Crippen LogP contribution >= 0.6 is 0 Å². The van der Waals surface area contributed by atoms with E-state index in [1.807, 2.05) is 6.07 Å². The van der Waals surface area contributed by atoms with E-state index >= 15 is 0 Å². The molecule has 1 aromatic carbocycles. The first kappa shape index (κ1) is 16.0. The lowest BCUT2D eigenvalue weighted by atomic mass is 9.87. The maximum atomic E-state index is 11.1. The van der Waals surface area contributed by atoms with Gasteiger partial charge in [0.15, 0.2) is 0 Å². The van der Waals surface area contributed by atoms with Crippen molar-refractivity contribution in [2.24, 2.45) is 0 Å². The normalized spacial score (nSPS) is 20.8. The predicted octanol–water partition coefficient (Wildman–Crippen LogP) is 2.27. The molecule has 0 saturated carbocycles. The van der Waals surface area contributed by atoms with E-state index in [-0.39, 0.29) is 5.56 Å². The maximum absolute atomic E-state index is 11.1. The van der Waals surface area contributed by atoms with E-state index in [0.717, 1.165) is 32.1 Å². The van der Waals surface area contributed by atoms with Crippen LogP contribution in [0.2, 0.25) is 0 Å². The van der Waals surface area contributed by atoms with Gasteiger partial charge in [-0.3, -0.25) is 9.59 Å². The zero-order chi connectivity index (χ0) is 15.9. The highest BCUT2D eigenvalue weighted by atomic mass is 16.5. The third kappa shape index (κ3) is 4.60. The molecule has 3 N–H and O–H groups in total. The zero-order valence-electron chi connectivity index (χ0n) is 12.4. The summed E-state index contributed by atoms with van der Waals surface area (Å²) in [6.45, 7) is 2.03. The number of aromatic amines is 1. The quantitative estimate of drug-likeness (QED) is 0.791. The minimum absolute atomic E-state index is 0.153. The molecule has 3 rings (SSSR count). The summed E-state index contributed by atoms with van der Waals surface area (Å²) in [6.07, 6.45) is 1.97. The molecule has 2 atom stereocenters. The second kappa shape index (κ2) is 7.61. The summed E-state index contributed by atoms with van der Waals surface area (Å²) in [4.78, 5) is 20.1. The van der Waals surface area contributed by atoms with Crippen LogP contribution in [0.25, 0.3) is 0 Å². The van der Waals surface area contributed by atoms with Gasteiger partial charge in [0.2, 0.25) is 0 Å². The highest BCUT2D eigenvalue weighted by Gasteiger charge is 2.26. The third-order valence-corrected chi connectivity index (χ3v) is 3.55. The van der Waals surface area contributed by atoms with Crippen LogP contribution in [-0.2, 0) is 4.79 Å². The predicted molar refractivity (Wildman–Crippen MR) is 81.8 cm³/mol. The largest absolute Gasteiger partial charge is 0.481 e. The monoisotopic (exact) mass is 304 g/mol. The molecule has 6 nitrogen and oxygen atoms in total. The van der Waals surface area contributed by atoms with Crippen LogP contribution < -0.4 is 10.9 Å². The number of carboxylic acid groups (broad SMARTS) is 1. The number of aromatic nitrogens is 1. The van der Waals surface area contributed by atoms with Crippen LogP contribution in [0.1, 0.15) is 43.0 Å². The fraction of sp³-hybridized carbons (Fsp3) is 0.375. The van der Waals surface area contributed by atoms with Crippen molar-refractivity contribution >= 4 is 5.97 Å². The van der Waals surface area contributed by atoms with Crippen molar-refractivity contribution in [2.45, 2.75) is 31.7 Å². The summed E-state index contributed by atoms with van der Waals surface area (Å²) < 4.78 is 5.22. The molecule has 2 aromatic rings. The van der Waals surface area contributed by atoms with Gasteiger partial charge in [0.05, 0.1) is 0 Å². The number of hydrogen-bond donors (Lipinski definition) is 3. The number of carbonyl (C=O) groups is 1. The van der Waals surface area contributed by atoms with E-state index in [9.17, 15) is 4.79 Å². The minimum atomic E-state index is -0.833. The van der Waals surface area contributed by atoms with Gasteiger partial charge in [-0.05, 0) is 24.9 Å². The molecule has 1 aliphatic heterocycles. The molecule has 1 aliphatic rings. The summed E-state index contributed by atoms with van der Waals surface area (Å²) in [6, 6.07) is 12.3. The van der Waals surface area contributed by atoms with Crippen molar-refractivity contribution in [2.75, 3.05) is 6.54 Å². The molecule has 0 aliphatic carbocycles. The van der Waals surface area contributed by atoms with Crippen LogP contribution in [0.4, 0.5) is 0 Å². The lowest BCUT2D eigenvalue weighted by molar-refractivity contribution is -0.134. The number of rotatable bonds is 2. The van der Waals surface area contributed by atoms with Gasteiger partial charge in [0, 0.05) is 24.9 Å². The molecule has 0 radical (unpaired) electrons. The highest BCUT2D eigenvalue weighted by molar-refractivity contribution is 5.62. The lowest BCUT2D eigenvalue weighted by Crippen LogP contribution is -2.30. The minimum Gasteiger partial charge on any atom is -0.481 e.